The maximum atomic E-state index is 12.0. The van der Waals surface area contributed by atoms with Crippen molar-refractivity contribution >= 4 is 17.8 Å². The second-order valence-corrected chi connectivity index (χ2v) is 5.46. The lowest BCUT2D eigenvalue weighted by Crippen LogP contribution is -2.46. The molecule has 6 nitrogen and oxygen atoms in total. The quantitative estimate of drug-likeness (QED) is 0.837. The van der Waals surface area contributed by atoms with Crippen molar-refractivity contribution in [2.45, 2.75) is 19.3 Å². The predicted octanol–water partition coefficient (Wildman–Crippen LogP) is 0.668. The molecule has 1 heterocycles. The van der Waals surface area contributed by atoms with E-state index in [1.54, 1.807) is 0 Å². The van der Waals surface area contributed by atoms with Gasteiger partial charge >= 0.3 is 5.97 Å². The van der Waals surface area contributed by atoms with Crippen LogP contribution in [0.5, 0.6) is 0 Å². The number of likely N-dealkylation sites (tertiary alicyclic amines) is 1. The molecule has 1 aliphatic rings. The number of rotatable bonds is 5. The van der Waals surface area contributed by atoms with E-state index < -0.39 is 11.9 Å². The van der Waals surface area contributed by atoms with Crippen molar-refractivity contribution in [3.8, 4) is 0 Å². The maximum absolute atomic E-state index is 12.0. The summed E-state index contributed by atoms with van der Waals surface area (Å²) in [6.45, 7) is 0.692. The molecule has 1 unspecified atom stereocenters. The van der Waals surface area contributed by atoms with Crippen LogP contribution in [-0.4, -0.2) is 47.4 Å². The van der Waals surface area contributed by atoms with E-state index in [2.05, 4.69) is 5.32 Å². The van der Waals surface area contributed by atoms with Gasteiger partial charge in [0, 0.05) is 13.1 Å². The van der Waals surface area contributed by atoms with Gasteiger partial charge in [0.25, 0.3) is 0 Å². The molecule has 0 bridgehead atoms. The molecule has 1 aliphatic heterocycles. The molecule has 1 aromatic rings. The molecule has 0 saturated carbocycles. The highest BCUT2D eigenvalue weighted by atomic mass is 16.4. The number of aliphatic carboxylic acids is 1. The largest absolute Gasteiger partial charge is 0.481 e. The standard InChI is InChI=1S/C16H20N2O4/c19-14(9-12-5-2-1-3-6-12)17-10-15(20)18-8-4-7-13(11-18)16(21)22/h1-3,5-6,13H,4,7-11H2,(H,17,19)(H,21,22). The van der Waals surface area contributed by atoms with Crippen LogP contribution in [0.4, 0.5) is 0 Å². The first-order valence-electron chi connectivity index (χ1n) is 7.37. The molecule has 0 radical (unpaired) electrons. The highest BCUT2D eigenvalue weighted by Crippen LogP contribution is 2.16. The lowest BCUT2D eigenvalue weighted by molar-refractivity contribution is -0.145. The van der Waals surface area contributed by atoms with Crippen molar-refractivity contribution in [1.82, 2.24) is 10.2 Å². The Morgan fingerprint density at radius 3 is 2.64 bits per heavy atom. The summed E-state index contributed by atoms with van der Waals surface area (Å²) in [5, 5.41) is 11.6. The molecule has 1 saturated heterocycles. The van der Waals surface area contributed by atoms with Gasteiger partial charge in [-0.15, -0.1) is 0 Å². The van der Waals surface area contributed by atoms with Crippen LogP contribution in [0, 0.1) is 5.92 Å². The maximum Gasteiger partial charge on any atom is 0.308 e. The Hall–Kier alpha value is -2.37. The average molecular weight is 304 g/mol. The molecular formula is C16H20N2O4. The fourth-order valence-corrected chi connectivity index (χ4v) is 2.53. The first-order chi connectivity index (χ1) is 10.6. The van der Waals surface area contributed by atoms with Crippen molar-refractivity contribution in [3.63, 3.8) is 0 Å². The van der Waals surface area contributed by atoms with Gasteiger partial charge in [0.2, 0.25) is 11.8 Å². The van der Waals surface area contributed by atoms with Crippen LogP contribution in [0.25, 0.3) is 0 Å². The number of carboxylic acids is 1. The first kappa shape index (κ1) is 16.0. The highest BCUT2D eigenvalue weighted by molar-refractivity contribution is 5.86. The fourth-order valence-electron chi connectivity index (χ4n) is 2.53. The van der Waals surface area contributed by atoms with E-state index in [0.717, 1.165) is 5.56 Å². The number of amides is 2. The summed E-state index contributed by atoms with van der Waals surface area (Å²) in [5.74, 6) is -1.82. The summed E-state index contributed by atoms with van der Waals surface area (Å²) in [6, 6.07) is 9.29. The van der Waals surface area contributed by atoms with Crippen LogP contribution >= 0.6 is 0 Å². The van der Waals surface area contributed by atoms with Gasteiger partial charge in [-0.05, 0) is 18.4 Å². The zero-order valence-electron chi connectivity index (χ0n) is 12.3. The van der Waals surface area contributed by atoms with E-state index >= 15 is 0 Å². The molecule has 0 aliphatic carbocycles. The molecule has 118 valence electrons. The predicted molar refractivity (Wildman–Crippen MR) is 80.1 cm³/mol. The number of hydrogen-bond acceptors (Lipinski definition) is 3. The number of carbonyl (C=O) groups is 3. The summed E-state index contributed by atoms with van der Waals surface area (Å²) >= 11 is 0. The Bertz CT molecular complexity index is 544. The van der Waals surface area contributed by atoms with E-state index in [9.17, 15) is 14.4 Å². The third-order valence-corrected chi connectivity index (χ3v) is 3.77. The molecular weight excluding hydrogens is 284 g/mol. The Morgan fingerprint density at radius 1 is 1.23 bits per heavy atom. The molecule has 0 aromatic heterocycles. The van der Waals surface area contributed by atoms with Crippen molar-refractivity contribution in [1.29, 1.82) is 0 Å². The minimum Gasteiger partial charge on any atom is -0.481 e. The monoisotopic (exact) mass is 304 g/mol. The zero-order chi connectivity index (χ0) is 15.9. The van der Waals surface area contributed by atoms with Gasteiger partial charge in [-0.25, -0.2) is 0 Å². The lowest BCUT2D eigenvalue weighted by atomic mass is 9.98. The number of nitrogens with zero attached hydrogens (tertiary/aromatic N) is 1. The van der Waals surface area contributed by atoms with Crippen LogP contribution < -0.4 is 5.32 Å². The minimum absolute atomic E-state index is 0.0853. The molecule has 1 fully saturated rings. The van der Waals surface area contributed by atoms with E-state index in [0.29, 0.717) is 19.4 Å². The first-order valence-corrected chi connectivity index (χ1v) is 7.37. The number of nitrogens with one attached hydrogen (secondary N) is 1. The summed E-state index contributed by atoms with van der Waals surface area (Å²) in [4.78, 5) is 36.3. The molecule has 2 N–H and O–H groups in total. The molecule has 2 rings (SSSR count). The van der Waals surface area contributed by atoms with Crippen LogP contribution in [0.15, 0.2) is 30.3 Å². The molecule has 22 heavy (non-hydrogen) atoms. The SMILES string of the molecule is O=C(Cc1ccccc1)NCC(=O)N1CCCC(C(=O)O)C1. The summed E-state index contributed by atoms with van der Waals surface area (Å²) < 4.78 is 0. The van der Waals surface area contributed by atoms with Crippen molar-refractivity contribution in [2.24, 2.45) is 5.92 Å². The van der Waals surface area contributed by atoms with E-state index in [-0.39, 0.29) is 31.3 Å². The van der Waals surface area contributed by atoms with E-state index in [1.807, 2.05) is 30.3 Å². The van der Waals surface area contributed by atoms with Gasteiger partial charge in [0.1, 0.15) is 0 Å². The number of hydrogen-bond donors (Lipinski definition) is 2. The number of carbonyl (C=O) groups excluding carboxylic acids is 2. The summed E-state index contributed by atoms with van der Waals surface area (Å²) in [5.41, 5.74) is 0.886. The van der Waals surface area contributed by atoms with Gasteiger partial charge in [0.05, 0.1) is 18.9 Å². The number of piperidine rings is 1. The molecule has 6 heteroatoms. The van der Waals surface area contributed by atoms with E-state index in [4.69, 9.17) is 5.11 Å². The van der Waals surface area contributed by atoms with Crippen molar-refractivity contribution in [3.05, 3.63) is 35.9 Å². The normalized spacial score (nSPS) is 17.8. The Balaban J connectivity index is 1.77. The molecule has 2 amide bonds. The van der Waals surface area contributed by atoms with Gasteiger partial charge < -0.3 is 15.3 Å². The average Bonchev–Trinajstić information content (AvgIpc) is 2.53. The van der Waals surface area contributed by atoms with Gasteiger partial charge in [-0.3, -0.25) is 14.4 Å². The van der Waals surface area contributed by atoms with Gasteiger partial charge in [-0.2, -0.15) is 0 Å². The Labute approximate surface area is 129 Å². The molecule has 1 aromatic carbocycles. The second-order valence-electron chi connectivity index (χ2n) is 5.46. The second kappa shape index (κ2) is 7.59. The van der Waals surface area contributed by atoms with Crippen LogP contribution in [-0.2, 0) is 20.8 Å². The van der Waals surface area contributed by atoms with Crippen LogP contribution in [0.3, 0.4) is 0 Å². The van der Waals surface area contributed by atoms with Crippen LogP contribution in [0.1, 0.15) is 18.4 Å². The van der Waals surface area contributed by atoms with Gasteiger partial charge in [0.15, 0.2) is 0 Å². The van der Waals surface area contributed by atoms with Crippen LogP contribution in [0.2, 0.25) is 0 Å². The third-order valence-electron chi connectivity index (χ3n) is 3.77. The molecule has 0 spiro atoms. The topological polar surface area (TPSA) is 86.7 Å². The van der Waals surface area contributed by atoms with Gasteiger partial charge in [-0.1, -0.05) is 30.3 Å². The molecule has 1 atom stereocenters. The summed E-state index contributed by atoms with van der Waals surface area (Å²) in [7, 11) is 0. The smallest absolute Gasteiger partial charge is 0.308 e. The summed E-state index contributed by atoms with van der Waals surface area (Å²) in [6.07, 6.45) is 1.51. The number of carboxylic acid groups (broad SMARTS) is 1. The fraction of sp³-hybridized carbons (Fsp3) is 0.438. The van der Waals surface area contributed by atoms with Crippen molar-refractivity contribution < 1.29 is 19.5 Å². The van der Waals surface area contributed by atoms with Crippen molar-refractivity contribution in [2.75, 3.05) is 19.6 Å². The Kier molecular flexibility index (Phi) is 5.52. The third kappa shape index (κ3) is 4.58. The highest BCUT2D eigenvalue weighted by Gasteiger charge is 2.27. The number of benzene rings is 1. The zero-order valence-corrected chi connectivity index (χ0v) is 12.3. The minimum atomic E-state index is -0.870. The lowest BCUT2D eigenvalue weighted by Gasteiger charge is -2.30. The Morgan fingerprint density at radius 2 is 1.95 bits per heavy atom. The van der Waals surface area contributed by atoms with E-state index in [1.165, 1.54) is 4.90 Å².